The van der Waals surface area contributed by atoms with Crippen molar-refractivity contribution in [1.82, 2.24) is 30.3 Å². The Kier molecular flexibility index (Phi) is 8.32. The van der Waals surface area contributed by atoms with E-state index in [1.54, 1.807) is 32.0 Å². The standard InChI is InChI=1S/C26H34FN7O3/c1-15-5-7-18(8-6-15)23(31-25(36)20-11-12-28-34(20)13-4-14-35)26(37)30-21-10-9-19(24(27)29-21)22-16(2)32-33-17(22)3/h9-12,15,18,23,35H,4-8,13-14H2,1-3H3,(H,31,36)(H,32,33)(H,29,30,37)/t15?,18?,23-/m0/s1. The van der Waals surface area contributed by atoms with Crippen molar-refractivity contribution in [1.29, 1.82) is 0 Å². The molecule has 4 rings (SSSR count). The van der Waals surface area contributed by atoms with Crippen LogP contribution in [0.4, 0.5) is 10.2 Å². The van der Waals surface area contributed by atoms with Crippen LogP contribution >= 0.6 is 0 Å². The second kappa shape index (κ2) is 11.6. The number of aromatic amines is 1. The maximum atomic E-state index is 15.0. The van der Waals surface area contributed by atoms with Crippen LogP contribution in [0.1, 0.15) is 60.9 Å². The molecule has 1 aliphatic rings. The van der Waals surface area contributed by atoms with E-state index in [0.717, 1.165) is 31.4 Å². The number of amides is 2. The molecule has 0 bridgehead atoms. The summed E-state index contributed by atoms with van der Waals surface area (Å²) in [5, 5.41) is 25.8. The second-order valence-electron chi connectivity index (χ2n) is 9.82. The largest absolute Gasteiger partial charge is 0.396 e. The van der Waals surface area contributed by atoms with E-state index in [4.69, 9.17) is 5.11 Å². The lowest BCUT2D eigenvalue weighted by Gasteiger charge is -2.32. The van der Waals surface area contributed by atoms with Gasteiger partial charge in [-0.05, 0) is 63.1 Å². The van der Waals surface area contributed by atoms with Crippen LogP contribution in [0.15, 0.2) is 24.4 Å². The van der Waals surface area contributed by atoms with Gasteiger partial charge in [0.2, 0.25) is 11.9 Å². The van der Waals surface area contributed by atoms with Crippen molar-refractivity contribution < 1.29 is 19.1 Å². The first kappa shape index (κ1) is 26.5. The van der Waals surface area contributed by atoms with Crippen LogP contribution < -0.4 is 10.6 Å². The third-order valence-corrected chi connectivity index (χ3v) is 7.08. The number of H-pyrrole nitrogens is 1. The summed E-state index contributed by atoms with van der Waals surface area (Å²) >= 11 is 0. The van der Waals surface area contributed by atoms with Gasteiger partial charge in [0.05, 0.1) is 5.69 Å². The van der Waals surface area contributed by atoms with E-state index < -0.39 is 23.8 Å². The molecule has 1 aliphatic carbocycles. The van der Waals surface area contributed by atoms with Gasteiger partial charge in [0.1, 0.15) is 17.6 Å². The normalized spacial score (nSPS) is 18.4. The van der Waals surface area contributed by atoms with Gasteiger partial charge < -0.3 is 15.7 Å². The summed E-state index contributed by atoms with van der Waals surface area (Å²) in [5.74, 6) is -1.01. The second-order valence-corrected chi connectivity index (χ2v) is 9.82. The van der Waals surface area contributed by atoms with E-state index in [-0.39, 0.29) is 18.3 Å². The Labute approximate surface area is 215 Å². The molecule has 0 saturated heterocycles. The summed E-state index contributed by atoms with van der Waals surface area (Å²) < 4.78 is 16.5. The average molecular weight is 512 g/mol. The van der Waals surface area contributed by atoms with Gasteiger partial charge in [-0.1, -0.05) is 19.8 Å². The first-order chi connectivity index (χ1) is 17.8. The molecule has 198 valence electrons. The fourth-order valence-corrected chi connectivity index (χ4v) is 5.00. The molecule has 10 nitrogen and oxygen atoms in total. The molecule has 0 aromatic carbocycles. The molecular formula is C26H34FN7O3. The van der Waals surface area contributed by atoms with E-state index in [9.17, 15) is 14.0 Å². The predicted molar refractivity (Wildman–Crippen MR) is 136 cm³/mol. The van der Waals surface area contributed by atoms with Gasteiger partial charge in [-0.25, -0.2) is 4.98 Å². The average Bonchev–Trinajstić information content (AvgIpc) is 3.48. The predicted octanol–water partition coefficient (Wildman–Crippen LogP) is 3.37. The van der Waals surface area contributed by atoms with E-state index in [1.807, 2.05) is 0 Å². The van der Waals surface area contributed by atoms with E-state index in [2.05, 4.69) is 37.8 Å². The van der Waals surface area contributed by atoms with Crippen LogP contribution in [-0.2, 0) is 11.3 Å². The molecule has 1 atom stereocenters. The lowest BCUT2D eigenvalue weighted by atomic mass is 9.79. The van der Waals surface area contributed by atoms with Gasteiger partial charge in [0.15, 0.2) is 0 Å². The molecule has 1 saturated carbocycles. The number of pyridine rings is 1. The van der Waals surface area contributed by atoms with Crippen LogP contribution in [0.3, 0.4) is 0 Å². The molecule has 0 aliphatic heterocycles. The minimum Gasteiger partial charge on any atom is -0.396 e. The number of carbonyl (C=O) groups is 2. The lowest BCUT2D eigenvalue weighted by molar-refractivity contribution is -0.119. The molecule has 2 amide bonds. The Hall–Kier alpha value is -3.60. The van der Waals surface area contributed by atoms with Crippen molar-refractivity contribution in [2.24, 2.45) is 11.8 Å². The van der Waals surface area contributed by atoms with Crippen LogP contribution in [0.2, 0.25) is 0 Å². The van der Waals surface area contributed by atoms with Gasteiger partial charge in [-0.3, -0.25) is 19.4 Å². The van der Waals surface area contributed by atoms with Crippen LogP contribution in [-0.4, -0.2) is 54.5 Å². The maximum absolute atomic E-state index is 15.0. The van der Waals surface area contributed by atoms with Gasteiger partial charge in [0, 0.05) is 36.2 Å². The molecule has 3 aromatic rings. The number of carbonyl (C=O) groups excluding carboxylic acids is 2. The van der Waals surface area contributed by atoms with Crippen molar-refractivity contribution in [2.45, 2.75) is 65.5 Å². The van der Waals surface area contributed by atoms with E-state index in [1.165, 1.54) is 10.9 Å². The summed E-state index contributed by atoms with van der Waals surface area (Å²) in [6, 6.07) is 3.89. The zero-order valence-electron chi connectivity index (χ0n) is 21.4. The van der Waals surface area contributed by atoms with Crippen molar-refractivity contribution in [3.05, 3.63) is 47.4 Å². The Bertz CT molecular complexity index is 1230. The number of rotatable bonds is 9. The van der Waals surface area contributed by atoms with Crippen molar-refractivity contribution in [3.8, 4) is 11.1 Å². The number of aliphatic hydroxyl groups is 1. The maximum Gasteiger partial charge on any atom is 0.270 e. The summed E-state index contributed by atoms with van der Waals surface area (Å²) in [4.78, 5) is 30.6. The molecule has 0 radical (unpaired) electrons. The summed E-state index contributed by atoms with van der Waals surface area (Å²) in [6.07, 6.45) is 5.48. The number of nitrogens with zero attached hydrogens (tertiary/aromatic N) is 4. The summed E-state index contributed by atoms with van der Waals surface area (Å²) in [6.45, 7) is 6.13. The highest BCUT2D eigenvalue weighted by Crippen LogP contribution is 2.32. The topological polar surface area (TPSA) is 138 Å². The minimum atomic E-state index is -0.816. The summed E-state index contributed by atoms with van der Waals surface area (Å²) in [5.41, 5.74) is 2.63. The molecule has 37 heavy (non-hydrogen) atoms. The Morgan fingerprint density at radius 2 is 1.97 bits per heavy atom. The number of aliphatic hydroxyl groups excluding tert-OH is 1. The third-order valence-electron chi connectivity index (χ3n) is 7.08. The molecule has 0 unspecified atom stereocenters. The molecule has 11 heteroatoms. The van der Waals surface area contributed by atoms with Crippen LogP contribution in [0.5, 0.6) is 0 Å². The fraction of sp³-hybridized carbons (Fsp3) is 0.500. The highest BCUT2D eigenvalue weighted by Gasteiger charge is 2.33. The first-order valence-electron chi connectivity index (χ1n) is 12.7. The number of aromatic nitrogens is 5. The monoisotopic (exact) mass is 511 g/mol. The number of halogens is 1. The minimum absolute atomic E-state index is 0.0196. The third kappa shape index (κ3) is 6.04. The molecule has 0 spiro atoms. The molecule has 4 N–H and O–H groups in total. The van der Waals surface area contributed by atoms with Gasteiger partial charge in [0.25, 0.3) is 5.91 Å². The number of hydrogen-bond donors (Lipinski definition) is 4. The molecule has 3 heterocycles. The van der Waals surface area contributed by atoms with Crippen LogP contribution in [0, 0.1) is 31.6 Å². The van der Waals surface area contributed by atoms with Crippen molar-refractivity contribution in [2.75, 3.05) is 11.9 Å². The van der Waals surface area contributed by atoms with Crippen molar-refractivity contribution >= 4 is 17.6 Å². The number of nitrogens with one attached hydrogen (secondary N) is 3. The lowest BCUT2D eigenvalue weighted by Crippen LogP contribution is -2.49. The number of anilines is 1. The number of aryl methyl sites for hydroxylation is 3. The highest BCUT2D eigenvalue weighted by atomic mass is 19.1. The van der Waals surface area contributed by atoms with Gasteiger partial charge in [-0.2, -0.15) is 14.6 Å². The van der Waals surface area contributed by atoms with Crippen LogP contribution in [0.25, 0.3) is 11.1 Å². The van der Waals surface area contributed by atoms with Crippen molar-refractivity contribution in [3.63, 3.8) is 0 Å². The van der Waals surface area contributed by atoms with E-state index in [0.29, 0.717) is 41.4 Å². The van der Waals surface area contributed by atoms with E-state index >= 15 is 0 Å². The Morgan fingerprint density at radius 1 is 1.22 bits per heavy atom. The molecule has 1 fully saturated rings. The summed E-state index contributed by atoms with van der Waals surface area (Å²) in [7, 11) is 0. The van der Waals surface area contributed by atoms with Gasteiger partial charge >= 0.3 is 0 Å². The molecule has 3 aromatic heterocycles. The Morgan fingerprint density at radius 3 is 2.62 bits per heavy atom. The van der Waals surface area contributed by atoms with Gasteiger partial charge in [-0.15, -0.1) is 0 Å². The molecular weight excluding hydrogens is 477 g/mol. The number of hydrogen-bond acceptors (Lipinski definition) is 6. The zero-order chi connectivity index (χ0) is 26.5. The smallest absolute Gasteiger partial charge is 0.270 e. The fourth-order valence-electron chi connectivity index (χ4n) is 5.00. The quantitative estimate of drug-likeness (QED) is 0.325. The first-order valence-corrected chi connectivity index (χ1v) is 12.7. The Balaban J connectivity index is 1.53. The highest BCUT2D eigenvalue weighted by molar-refractivity contribution is 6.00. The zero-order valence-corrected chi connectivity index (χ0v) is 21.4. The SMILES string of the molecule is Cc1n[nH]c(C)c1-c1ccc(NC(=O)[C@@H](NC(=O)c2ccnn2CCCO)C2CCC(C)CC2)nc1F.